The van der Waals surface area contributed by atoms with Gasteiger partial charge in [-0.15, -0.1) is 0 Å². The third kappa shape index (κ3) is 3.29. The van der Waals surface area contributed by atoms with Crippen molar-refractivity contribution in [1.82, 2.24) is 0 Å². The van der Waals surface area contributed by atoms with Crippen LogP contribution in [-0.2, 0) is 17.6 Å². The molecular formula is C19H17ClO4. The van der Waals surface area contributed by atoms with Crippen LogP contribution in [0.3, 0.4) is 0 Å². The average Bonchev–Trinajstić information content (AvgIpc) is 3.03. The molecule has 1 atom stereocenters. The number of carbonyl (C=O) groups excluding carboxylic acids is 2. The molecule has 0 aromatic heterocycles. The third-order valence-electron chi connectivity index (χ3n) is 4.21. The topological polar surface area (TPSA) is 63.6 Å². The molecule has 3 rings (SSSR count). The van der Waals surface area contributed by atoms with E-state index in [1.807, 2.05) is 12.1 Å². The summed E-state index contributed by atoms with van der Waals surface area (Å²) in [7, 11) is 0. The summed E-state index contributed by atoms with van der Waals surface area (Å²) < 4.78 is 5.20. The Balaban J connectivity index is 1.74. The van der Waals surface area contributed by atoms with E-state index in [0.717, 1.165) is 19.3 Å². The summed E-state index contributed by atoms with van der Waals surface area (Å²) >= 11 is 5.82. The first kappa shape index (κ1) is 16.5. The predicted molar refractivity (Wildman–Crippen MR) is 90.8 cm³/mol. The second kappa shape index (κ2) is 6.65. The number of rotatable bonds is 4. The SMILES string of the molecule is C[C@@H](OC(=O)c1cc(Cl)ccc1O)C(=O)c1ccc2c(c1)CCC2. The summed E-state index contributed by atoms with van der Waals surface area (Å²) in [6.45, 7) is 1.52. The lowest BCUT2D eigenvalue weighted by atomic mass is 10.0. The Morgan fingerprint density at radius 2 is 1.88 bits per heavy atom. The van der Waals surface area contributed by atoms with E-state index < -0.39 is 12.1 Å². The van der Waals surface area contributed by atoms with Gasteiger partial charge in [0, 0.05) is 10.6 Å². The number of fused-ring (bicyclic) bond motifs is 1. The molecule has 124 valence electrons. The van der Waals surface area contributed by atoms with E-state index in [0.29, 0.717) is 10.6 Å². The lowest BCUT2D eigenvalue weighted by Gasteiger charge is -2.14. The van der Waals surface area contributed by atoms with Crippen LogP contribution in [0.5, 0.6) is 5.75 Å². The Labute approximate surface area is 145 Å². The molecule has 4 nitrogen and oxygen atoms in total. The van der Waals surface area contributed by atoms with Crippen molar-refractivity contribution in [2.75, 3.05) is 0 Å². The number of phenols is 1. The maximum atomic E-state index is 12.5. The number of Topliss-reactive ketones (excluding diaryl/α,β-unsaturated/α-hetero) is 1. The van der Waals surface area contributed by atoms with Gasteiger partial charge in [-0.3, -0.25) is 4.79 Å². The van der Waals surface area contributed by atoms with Gasteiger partial charge in [-0.05, 0) is 61.6 Å². The number of phenolic OH excluding ortho intramolecular Hbond substituents is 1. The molecule has 0 aliphatic heterocycles. The van der Waals surface area contributed by atoms with Gasteiger partial charge < -0.3 is 9.84 Å². The minimum absolute atomic E-state index is 0.0592. The van der Waals surface area contributed by atoms with Gasteiger partial charge >= 0.3 is 5.97 Å². The molecule has 0 fully saturated rings. The van der Waals surface area contributed by atoms with Gasteiger partial charge in [0.25, 0.3) is 0 Å². The first-order chi connectivity index (χ1) is 11.5. The number of halogens is 1. The summed E-state index contributed by atoms with van der Waals surface area (Å²) in [5, 5.41) is 10.0. The lowest BCUT2D eigenvalue weighted by molar-refractivity contribution is 0.0316. The van der Waals surface area contributed by atoms with E-state index in [2.05, 4.69) is 0 Å². The highest BCUT2D eigenvalue weighted by molar-refractivity contribution is 6.31. The van der Waals surface area contributed by atoms with Gasteiger partial charge in [0.2, 0.25) is 5.78 Å². The second-order valence-electron chi connectivity index (χ2n) is 5.91. The minimum Gasteiger partial charge on any atom is -0.507 e. The maximum Gasteiger partial charge on any atom is 0.342 e. The standard InChI is InChI=1S/C19H17ClO4/c1-11(24-19(23)16-10-15(20)7-8-17(16)21)18(22)14-6-5-12-3-2-4-13(12)9-14/h5-11,21H,2-4H2,1H3/t11-/m1/s1. The summed E-state index contributed by atoms with van der Waals surface area (Å²) in [4.78, 5) is 24.7. The minimum atomic E-state index is -0.949. The lowest BCUT2D eigenvalue weighted by Crippen LogP contribution is -2.24. The van der Waals surface area contributed by atoms with Gasteiger partial charge in [-0.1, -0.05) is 23.7 Å². The van der Waals surface area contributed by atoms with Crippen LogP contribution >= 0.6 is 11.6 Å². The second-order valence-corrected chi connectivity index (χ2v) is 6.35. The molecule has 1 aliphatic rings. The first-order valence-electron chi connectivity index (χ1n) is 7.81. The van der Waals surface area contributed by atoms with Crippen molar-refractivity contribution in [1.29, 1.82) is 0 Å². The van der Waals surface area contributed by atoms with Crippen molar-refractivity contribution >= 4 is 23.4 Å². The van der Waals surface area contributed by atoms with E-state index in [1.165, 1.54) is 36.2 Å². The fourth-order valence-corrected chi connectivity index (χ4v) is 3.08. The Kier molecular flexibility index (Phi) is 4.58. The molecule has 2 aromatic rings. The van der Waals surface area contributed by atoms with Crippen LogP contribution in [-0.4, -0.2) is 23.0 Å². The number of hydrogen-bond donors (Lipinski definition) is 1. The molecule has 0 bridgehead atoms. The maximum absolute atomic E-state index is 12.5. The molecule has 0 heterocycles. The Hall–Kier alpha value is -2.33. The van der Waals surface area contributed by atoms with E-state index >= 15 is 0 Å². The van der Waals surface area contributed by atoms with Crippen LogP contribution in [0.4, 0.5) is 0 Å². The van der Waals surface area contributed by atoms with Crippen molar-refractivity contribution in [3.05, 3.63) is 63.7 Å². The Bertz CT molecular complexity index is 813. The largest absolute Gasteiger partial charge is 0.507 e. The van der Waals surface area contributed by atoms with Crippen LogP contribution in [0.1, 0.15) is 45.2 Å². The van der Waals surface area contributed by atoms with Gasteiger partial charge in [-0.2, -0.15) is 0 Å². The van der Waals surface area contributed by atoms with E-state index in [4.69, 9.17) is 16.3 Å². The molecule has 1 aliphatic carbocycles. The third-order valence-corrected chi connectivity index (χ3v) is 4.45. The van der Waals surface area contributed by atoms with E-state index in [-0.39, 0.29) is 17.1 Å². The van der Waals surface area contributed by atoms with Crippen molar-refractivity contribution in [3.63, 3.8) is 0 Å². The molecular weight excluding hydrogens is 328 g/mol. The molecule has 0 saturated heterocycles. The Morgan fingerprint density at radius 3 is 2.67 bits per heavy atom. The number of carbonyl (C=O) groups is 2. The molecule has 2 aromatic carbocycles. The molecule has 0 amide bonds. The number of ether oxygens (including phenoxy) is 1. The highest BCUT2D eigenvalue weighted by Crippen LogP contribution is 2.25. The fraction of sp³-hybridized carbons (Fsp3) is 0.263. The van der Waals surface area contributed by atoms with E-state index in [9.17, 15) is 14.7 Å². The normalized spacial score (nSPS) is 14.1. The number of ketones is 1. The molecule has 24 heavy (non-hydrogen) atoms. The molecule has 0 spiro atoms. The number of aryl methyl sites for hydroxylation is 2. The average molecular weight is 345 g/mol. The summed E-state index contributed by atoms with van der Waals surface area (Å²) in [5.74, 6) is -1.28. The van der Waals surface area contributed by atoms with Gasteiger partial charge in [0.15, 0.2) is 6.10 Å². The zero-order chi connectivity index (χ0) is 17.3. The van der Waals surface area contributed by atoms with Crippen molar-refractivity contribution in [3.8, 4) is 5.75 Å². The van der Waals surface area contributed by atoms with Gasteiger partial charge in [-0.25, -0.2) is 4.79 Å². The van der Waals surface area contributed by atoms with Crippen molar-refractivity contribution in [2.45, 2.75) is 32.3 Å². The predicted octanol–water partition coefficient (Wildman–Crippen LogP) is 3.96. The zero-order valence-corrected chi connectivity index (χ0v) is 14.0. The Morgan fingerprint density at radius 1 is 1.12 bits per heavy atom. The zero-order valence-electron chi connectivity index (χ0n) is 13.2. The van der Waals surface area contributed by atoms with Gasteiger partial charge in [0.05, 0.1) is 0 Å². The molecule has 1 N–H and O–H groups in total. The number of esters is 1. The first-order valence-corrected chi connectivity index (χ1v) is 8.19. The molecule has 5 heteroatoms. The molecule has 0 saturated carbocycles. The summed E-state index contributed by atoms with van der Waals surface area (Å²) in [6.07, 6.45) is 2.17. The van der Waals surface area contributed by atoms with Crippen LogP contribution in [0.2, 0.25) is 5.02 Å². The number of benzene rings is 2. The van der Waals surface area contributed by atoms with Crippen LogP contribution in [0.15, 0.2) is 36.4 Å². The molecule has 0 unspecified atom stereocenters. The quantitative estimate of drug-likeness (QED) is 0.673. The highest BCUT2D eigenvalue weighted by Gasteiger charge is 2.23. The fourth-order valence-electron chi connectivity index (χ4n) is 2.91. The van der Waals surface area contributed by atoms with Gasteiger partial charge in [0.1, 0.15) is 11.3 Å². The van der Waals surface area contributed by atoms with E-state index in [1.54, 1.807) is 6.07 Å². The molecule has 0 radical (unpaired) electrons. The number of aromatic hydroxyl groups is 1. The summed E-state index contributed by atoms with van der Waals surface area (Å²) in [6, 6.07) is 9.71. The summed E-state index contributed by atoms with van der Waals surface area (Å²) in [5.41, 5.74) is 2.94. The van der Waals surface area contributed by atoms with Crippen molar-refractivity contribution in [2.24, 2.45) is 0 Å². The van der Waals surface area contributed by atoms with Crippen molar-refractivity contribution < 1.29 is 19.4 Å². The van der Waals surface area contributed by atoms with Crippen LogP contribution < -0.4 is 0 Å². The number of hydrogen-bond acceptors (Lipinski definition) is 4. The van der Waals surface area contributed by atoms with Crippen LogP contribution in [0.25, 0.3) is 0 Å². The van der Waals surface area contributed by atoms with Crippen LogP contribution in [0, 0.1) is 0 Å². The highest BCUT2D eigenvalue weighted by atomic mass is 35.5. The monoisotopic (exact) mass is 344 g/mol. The smallest absolute Gasteiger partial charge is 0.342 e.